The molecule has 0 fully saturated rings. The number of amides is 1. The zero-order valence-corrected chi connectivity index (χ0v) is 13.4. The van der Waals surface area contributed by atoms with Crippen LogP contribution in [0.15, 0.2) is 54.2 Å². The maximum absolute atomic E-state index is 12.2. The Bertz CT molecular complexity index is 905. The first-order valence-electron chi connectivity index (χ1n) is 6.89. The molecule has 126 valence electrons. The van der Waals surface area contributed by atoms with Crippen LogP contribution in [0.2, 0.25) is 5.02 Å². The van der Waals surface area contributed by atoms with Gasteiger partial charge in [-0.2, -0.15) is 5.26 Å². The predicted molar refractivity (Wildman–Crippen MR) is 94.9 cm³/mol. The summed E-state index contributed by atoms with van der Waals surface area (Å²) in [7, 11) is 0. The van der Waals surface area contributed by atoms with E-state index < -0.39 is 10.8 Å². The first-order valence-corrected chi connectivity index (χ1v) is 7.26. The van der Waals surface area contributed by atoms with Crippen LogP contribution >= 0.6 is 11.6 Å². The zero-order valence-electron chi connectivity index (χ0n) is 12.7. The van der Waals surface area contributed by atoms with Gasteiger partial charge in [-0.15, -0.1) is 0 Å². The molecule has 0 saturated heterocycles. The van der Waals surface area contributed by atoms with E-state index in [-0.39, 0.29) is 16.9 Å². The number of carbonyl (C=O) groups excluding carboxylic acids is 1. The lowest BCUT2D eigenvalue weighted by molar-refractivity contribution is -0.383. The smallest absolute Gasteiger partial charge is 0.292 e. The maximum atomic E-state index is 12.2. The summed E-state index contributed by atoms with van der Waals surface area (Å²) in [5.74, 6) is -0.795. The highest BCUT2D eigenvalue weighted by atomic mass is 35.5. The number of nitrogen functional groups attached to an aromatic ring is 1. The Kier molecular flexibility index (Phi) is 5.55. The van der Waals surface area contributed by atoms with Gasteiger partial charge in [0.1, 0.15) is 17.3 Å². The monoisotopic (exact) mass is 357 g/mol. The number of nitrogens with two attached hydrogens (primary N) is 1. The molecule has 2 aromatic carbocycles. The minimum Gasteiger partial charge on any atom is -0.399 e. The number of halogens is 1. The average Bonchev–Trinajstić information content (AvgIpc) is 2.57. The lowest BCUT2D eigenvalue weighted by atomic mass is 10.2. The summed E-state index contributed by atoms with van der Waals surface area (Å²) < 4.78 is 0. The Morgan fingerprint density at radius 1 is 1.28 bits per heavy atom. The molecule has 8 nitrogen and oxygen atoms in total. The van der Waals surface area contributed by atoms with Gasteiger partial charge >= 0.3 is 0 Å². The molecule has 0 bridgehead atoms. The predicted octanol–water partition coefficient (Wildman–Crippen LogP) is 3.29. The largest absolute Gasteiger partial charge is 0.399 e. The number of nitriles is 1. The van der Waals surface area contributed by atoms with E-state index >= 15 is 0 Å². The first-order chi connectivity index (χ1) is 11.9. The number of nitrogens with one attached hydrogen (secondary N) is 2. The van der Waals surface area contributed by atoms with E-state index in [0.29, 0.717) is 16.4 Å². The second-order valence-corrected chi connectivity index (χ2v) is 5.19. The summed E-state index contributed by atoms with van der Waals surface area (Å²) in [5.41, 5.74) is 5.93. The summed E-state index contributed by atoms with van der Waals surface area (Å²) in [6, 6.07) is 12.0. The molecule has 2 aromatic rings. The molecule has 1 amide bonds. The molecule has 0 atom stereocenters. The molecule has 0 aliphatic heterocycles. The fourth-order valence-corrected chi connectivity index (χ4v) is 2.12. The van der Waals surface area contributed by atoms with Gasteiger partial charge in [0.05, 0.1) is 15.6 Å². The Labute approximate surface area is 147 Å². The molecule has 2 rings (SSSR count). The fraction of sp³-hybridized carbons (Fsp3) is 0. The summed E-state index contributed by atoms with van der Waals surface area (Å²) in [5, 5.41) is 25.5. The van der Waals surface area contributed by atoms with Crippen molar-refractivity contribution < 1.29 is 9.72 Å². The molecule has 0 radical (unpaired) electrons. The van der Waals surface area contributed by atoms with Crippen molar-refractivity contribution in [3.8, 4) is 6.07 Å². The number of nitrogens with zero attached hydrogens (tertiary/aromatic N) is 2. The summed E-state index contributed by atoms with van der Waals surface area (Å²) in [6.07, 6.45) is 1.15. The van der Waals surface area contributed by atoms with Crippen molar-refractivity contribution in [2.75, 3.05) is 16.4 Å². The normalized spacial score (nSPS) is 10.6. The molecule has 0 aromatic heterocycles. The number of hydrogen-bond donors (Lipinski definition) is 3. The number of nitro groups is 1. The van der Waals surface area contributed by atoms with Gasteiger partial charge in [-0.1, -0.05) is 23.7 Å². The number of anilines is 3. The van der Waals surface area contributed by atoms with Crippen LogP contribution in [-0.4, -0.2) is 10.8 Å². The van der Waals surface area contributed by atoms with Gasteiger partial charge in [-0.25, -0.2) is 0 Å². The Morgan fingerprint density at radius 2 is 2.00 bits per heavy atom. The highest BCUT2D eigenvalue weighted by Gasteiger charge is 2.17. The highest BCUT2D eigenvalue weighted by molar-refractivity contribution is 6.33. The fourth-order valence-electron chi connectivity index (χ4n) is 1.88. The summed E-state index contributed by atoms with van der Waals surface area (Å²) in [6.45, 7) is 0. The van der Waals surface area contributed by atoms with E-state index in [0.717, 1.165) is 6.20 Å². The minimum atomic E-state index is -0.795. The molecule has 0 saturated carbocycles. The Morgan fingerprint density at radius 3 is 2.64 bits per heavy atom. The lowest BCUT2D eigenvalue weighted by Gasteiger charge is -2.07. The second kappa shape index (κ2) is 7.81. The van der Waals surface area contributed by atoms with Gasteiger partial charge in [0.25, 0.3) is 11.6 Å². The Hall–Kier alpha value is -3.57. The van der Waals surface area contributed by atoms with Crippen LogP contribution in [0.4, 0.5) is 22.7 Å². The highest BCUT2D eigenvalue weighted by Crippen LogP contribution is 2.25. The van der Waals surface area contributed by atoms with E-state index in [1.54, 1.807) is 18.2 Å². The topological polar surface area (TPSA) is 134 Å². The van der Waals surface area contributed by atoms with Gasteiger partial charge in [-0.3, -0.25) is 14.9 Å². The molecule has 0 unspecified atom stereocenters. The van der Waals surface area contributed by atoms with E-state index in [1.165, 1.54) is 30.3 Å². The van der Waals surface area contributed by atoms with Crippen LogP contribution in [0, 0.1) is 21.4 Å². The van der Waals surface area contributed by atoms with Crippen LogP contribution < -0.4 is 16.4 Å². The van der Waals surface area contributed by atoms with Gasteiger partial charge in [0.2, 0.25) is 0 Å². The standard InChI is InChI=1S/C16H12ClN5O3/c17-12-7-11(19)5-6-13(12)20-9-10(8-18)16(23)21-14-3-1-2-4-15(14)22(24)25/h1-7,9,20H,19H2,(H,21,23)/b10-9-. The third kappa shape index (κ3) is 4.46. The number of rotatable bonds is 5. The van der Waals surface area contributed by atoms with Crippen LogP contribution in [0.1, 0.15) is 0 Å². The molecular weight excluding hydrogens is 346 g/mol. The summed E-state index contributed by atoms with van der Waals surface area (Å²) >= 11 is 5.99. The third-order valence-electron chi connectivity index (χ3n) is 3.08. The number of carbonyl (C=O) groups is 1. The lowest BCUT2D eigenvalue weighted by Crippen LogP contribution is -2.15. The van der Waals surface area contributed by atoms with Crippen molar-refractivity contribution in [1.82, 2.24) is 0 Å². The molecule has 0 spiro atoms. The molecule has 0 aliphatic rings. The van der Waals surface area contributed by atoms with Crippen molar-refractivity contribution >= 4 is 40.3 Å². The molecule has 0 heterocycles. The Balaban J connectivity index is 2.19. The van der Waals surface area contributed by atoms with Crippen molar-refractivity contribution in [3.05, 3.63) is 69.4 Å². The van der Waals surface area contributed by atoms with Gasteiger partial charge < -0.3 is 16.4 Å². The van der Waals surface area contributed by atoms with Crippen LogP contribution in [0.5, 0.6) is 0 Å². The van der Waals surface area contributed by atoms with Crippen molar-refractivity contribution in [3.63, 3.8) is 0 Å². The number of benzene rings is 2. The first kappa shape index (κ1) is 17.8. The number of hydrogen-bond acceptors (Lipinski definition) is 6. The van der Waals surface area contributed by atoms with E-state index in [1.807, 2.05) is 0 Å². The molecule has 9 heteroatoms. The minimum absolute atomic E-state index is 0.0100. The maximum Gasteiger partial charge on any atom is 0.292 e. The number of para-hydroxylation sites is 2. The summed E-state index contributed by atoms with van der Waals surface area (Å²) in [4.78, 5) is 22.5. The van der Waals surface area contributed by atoms with Crippen LogP contribution in [0.25, 0.3) is 0 Å². The SMILES string of the molecule is N#C/C(=C/Nc1ccc(N)cc1Cl)C(=O)Nc1ccccc1[N+](=O)[O-]. The van der Waals surface area contributed by atoms with Crippen molar-refractivity contribution in [2.24, 2.45) is 0 Å². The molecule has 25 heavy (non-hydrogen) atoms. The van der Waals surface area contributed by atoms with Crippen molar-refractivity contribution in [1.29, 1.82) is 5.26 Å². The van der Waals surface area contributed by atoms with Gasteiger partial charge in [0, 0.05) is 18.0 Å². The third-order valence-corrected chi connectivity index (χ3v) is 3.39. The molecular formula is C16H12ClN5O3. The second-order valence-electron chi connectivity index (χ2n) is 4.78. The van der Waals surface area contributed by atoms with E-state index in [9.17, 15) is 14.9 Å². The molecule has 0 aliphatic carbocycles. The number of nitro benzene ring substituents is 1. The average molecular weight is 358 g/mol. The van der Waals surface area contributed by atoms with Crippen molar-refractivity contribution in [2.45, 2.75) is 0 Å². The van der Waals surface area contributed by atoms with Gasteiger partial charge in [-0.05, 0) is 24.3 Å². The van der Waals surface area contributed by atoms with E-state index in [4.69, 9.17) is 22.6 Å². The van der Waals surface area contributed by atoms with Crippen LogP contribution in [0.3, 0.4) is 0 Å². The van der Waals surface area contributed by atoms with E-state index in [2.05, 4.69) is 10.6 Å². The molecule has 4 N–H and O–H groups in total. The van der Waals surface area contributed by atoms with Gasteiger partial charge in [0.15, 0.2) is 0 Å². The van der Waals surface area contributed by atoms with Crippen LogP contribution in [-0.2, 0) is 4.79 Å². The quantitative estimate of drug-likeness (QED) is 0.247. The zero-order chi connectivity index (χ0) is 18.4.